The van der Waals surface area contributed by atoms with Gasteiger partial charge in [0.25, 0.3) is 0 Å². The molecule has 5 heteroatoms. The molecular weight excluding hydrogens is 268 g/mol. The molecule has 1 aliphatic rings. The summed E-state index contributed by atoms with van der Waals surface area (Å²) in [6, 6.07) is 0.568. The smallest absolute Gasteiger partial charge is 0.245 e. The first-order valence-corrected chi connectivity index (χ1v) is 8.81. The standard InChI is InChI=1S/C15H26N4S/c1-5-13-14(6-2)17-18-15(16-13)19(4)11-8-9-12(10-11)20-7-3/h11-12H,5-10H2,1-4H3. The molecule has 1 heterocycles. The quantitative estimate of drug-likeness (QED) is 0.806. The lowest BCUT2D eigenvalue weighted by Gasteiger charge is -2.24. The zero-order chi connectivity index (χ0) is 14.5. The van der Waals surface area contributed by atoms with Crippen molar-refractivity contribution < 1.29 is 0 Å². The van der Waals surface area contributed by atoms with Crippen molar-refractivity contribution >= 4 is 17.7 Å². The molecule has 20 heavy (non-hydrogen) atoms. The van der Waals surface area contributed by atoms with Gasteiger partial charge in [-0.15, -0.1) is 5.10 Å². The Bertz CT molecular complexity index is 438. The summed E-state index contributed by atoms with van der Waals surface area (Å²) in [4.78, 5) is 6.96. The number of hydrogen-bond acceptors (Lipinski definition) is 5. The molecule has 0 amide bonds. The molecule has 0 bridgehead atoms. The predicted octanol–water partition coefficient (Wildman–Crippen LogP) is 3.11. The largest absolute Gasteiger partial charge is 0.340 e. The Morgan fingerprint density at radius 3 is 2.50 bits per heavy atom. The molecule has 0 saturated heterocycles. The van der Waals surface area contributed by atoms with Crippen molar-refractivity contribution in [3.63, 3.8) is 0 Å². The second-order valence-corrected chi connectivity index (χ2v) is 6.94. The van der Waals surface area contributed by atoms with Gasteiger partial charge in [-0.3, -0.25) is 0 Å². The Balaban J connectivity index is 2.07. The summed E-state index contributed by atoms with van der Waals surface area (Å²) in [6.45, 7) is 6.49. The van der Waals surface area contributed by atoms with Crippen LogP contribution in [0.1, 0.15) is 51.4 Å². The van der Waals surface area contributed by atoms with E-state index in [4.69, 9.17) is 4.98 Å². The third kappa shape index (κ3) is 3.43. The summed E-state index contributed by atoms with van der Waals surface area (Å²) in [5.41, 5.74) is 2.14. The molecule has 4 nitrogen and oxygen atoms in total. The molecule has 1 aliphatic carbocycles. The van der Waals surface area contributed by atoms with E-state index < -0.39 is 0 Å². The topological polar surface area (TPSA) is 41.9 Å². The van der Waals surface area contributed by atoms with Gasteiger partial charge in [0.2, 0.25) is 5.95 Å². The molecule has 1 aromatic heterocycles. The van der Waals surface area contributed by atoms with Gasteiger partial charge in [0.05, 0.1) is 11.4 Å². The normalized spacial score (nSPS) is 22.2. The molecule has 2 rings (SSSR count). The minimum atomic E-state index is 0.568. The lowest BCUT2D eigenvalue weighted by atomic mass is 10.2. The Morgan fingerprint density at radius 2 is 1.85 bits per heavy atom. The molecule has 0 radical (unpaired) electrons. The van der Waals surface area contributed by atoms with Crippen LogP contribution in [-0.2, 0) is 12.8 Å². The van der Waals surface area contributed by atoms with Crippen molar-refractivity contribution in [1.29, 1.82) is 0 Å². The van der Waals surface area contributed by atoms with Gasteiger partial charge in [-0.05, 0) is 37.9 Å². The lowest BCUT2D eigenvalue weighted by Crippen LogP contribution is -2.31. The van der Waals surface area contributed by atoms with E-state index in [1.807, 2.05) is 0 Å². The molecule has 0 spiro atoms. The van der Waals surface area contributed by atoms with Crippen molar-refractivity contribution in [3.05, 3.63) is 11.4 Å². The van der Waals surface area contributed by atoms with Crippen LogP contribution >= 0.6 is 11.8 Å². The van der Waals surface area contributed by atoms with Crippen molar-refractivity contribution in [3.8, 4) is 0 Å². The van der Waals surface area contributed by atoms with Crippen LogP contribution in [0.5, 0.6) is 0 Å². The Labute approximate surface area is 126 Å². The van der Waals surface area contributed by atoms with Crippen LogP contribution < -0.4 is 4.90 Å². The van der Waals surface area contributed by atoms with Crippen molar-refractivity contribution in [2.75, 3.05) is 17.7 Å². The van der Waals surface area contributed by atoms with Gasteiger partial charge in [-0.2, -0.15) is 16.9 Å². The highest BCUT2D eigenvalue weighted by atomic mass is 32.2. The van der Waals surface area contributed by atoms with E-state index in [9.17, 15) is 0 Å². The molecule has 2 unspecified atom stereocenters. The summed E-state index contributed by atoms with van der Waals surface area (Å²) in [5, 5.41) is 9.49. The molecule has 1 saturated carbocycles. The third-order valence-electron chi connectivity index (χ3n) is 4.12. The fourth-order valence-corrected chi connectivity index (χ4v) is 4.03. The van der Waals surface area contributed by atoms with E-state index in [1.54, 1.807) is 0 Å². The number of rotatable bonds is 6. The van der Waals surface area contributed by atoms with Crippen molar-refractivity contribution in [2.24, 2.45) is 0 Å². The van der Waals surface area contributed by atoms with Crippen molar-refractivity contribution in [2.45, 2.75) is 64.2 Å². The van der Waals surface area contributed by atoms with E-state index in [2.05, 4.69) is 54.7 Å². The first kappa shape index (κ1) is 15.5. The second kappa shape index (κ2) is 7.25. The van der Waals surface area contributed by atoms with Crippen molar-refractivity contribution in [1.82, 2.24) is 15.2 Å². The number of aromatic nitrogens is 3. The molecule has 0 aromatic carbocycles. The SMILES string of the molecule is CCSC1CCC(N(C)c2nnc(CC)c(CC)n2)C1. The fourth-order valence-electron chi connectivity index (χ4n) is 2.90. The molecule has 0 aliphatic heterocycles. The van der Waals surface area contributed by atoms with Gasteiger partial charge in [0.15, 0.2) is 0 Å². The van der Waals surface area contributed by atoms with E-state index >= 15 is 0 Å². The minimum absolute atomic E-state index is 0.568. The Morgan fingerprint density at radius 1 is 1.10 bits per heavy atom. The highest BCUT2D eigenvalue weighted by Gasteiger charge is 2.29. The molecule has 112 valence electrons. The highest BCUT2D eigenvalue weighted by Crippen LogP contribution is 2.33. The van der Waals surface area contributed by atoms with Gasteiger partial charge in [-0.1, -0.05) is 20.8 Å². The number of nitrogens with zero attached hydrogens (tertiary/aromatic N) is 4. The zero-order valence-corrected chi connectivity index (χ0v) is 13.9. The van der Waals surface area contributed by atoms with Crippen LogP contribution in [0.15, 0.2) is 0 Å². The monoisotopic (exact) mass is 294 g/mol. The average molecular weight is 294 g/mol. The van der Waals surface area contributed by atoms with Crippen LogP contribution in [0.3, 0.4) is 0 Å². The molecule has 1 fully saturated rings. The van der Waals surface area contributed by atoms with Crippen LogP contribution in [-0.4, -0.2) is 39.3 Å². The zero-order valence-electron chi connectivity index (χ0n) is 13.1. The first-order chi connectivity index (χ1) is 9.69. The van der Waals surface area contributed by atoms with E-state index in [-0.39, 0.29) is 0 Å². The van der Waals surface area contributed by atoms with E-state index in [0.29, 0.717) is 6.04 Å². The molecule has 0 N–H and O–H groups in total. The fraction of sp³-hybridized carbons (Fsp3) is 0.800. The number of anilines is 1. The summed E-state index contributed by atoms with van der Waals surface area (Å²) < 4.78 is 0. The van der Waals surface area contributed by atoms with E-state index in [1.165, 1.54) is 25.0 Å². The number of thioether (sulfide) groups is 1. The molecular formula is C15H26N4S. The maximum Gasteiger partial charge on any atom is 0.245 e. The van der Waals surface area contributed by atoms with Gasteiger partial charge in [-0.25, -0.2) is 4.98 Å². The Hall–Kier alpha value is -0.840. The minimum Gasteiger partial charge on any atom is -0.340 e. The number of aryl methyl sites for hydroxylation is 2. The van der Waals surface area contributed by atoms with Crippen LogP contribution in [0.4, 0.5) is 5.95 Å². The van der Waals surface area contributed by atoms with Gasteiger partial charge in [0.1, 0.15) is 0 Å². The maximum atomic E-state index is 4.72. The maximum absolute atomic E-state index is 4.72. The average Bonchev–Trinajstić information content (AvgIpc) is 2.94. The summed E-state index contributed by atoms with van der Waals surface area (Å²) >= 11 is 2.09. The van der Waals surface area contributed by atoms with Gasteiger partial charge < -0.3 is 4.90 Å². The third-order valence-corrected chi connectivity index (χ3v) is 5.35. The van der Waals surface area contributed by atoms with Gasteiger partial charge >= 0.3 is 0 Å². The summed E-state index contributed by atoms with van der Waals surface area (Å²) in [7, 11) is 2.12. The first-order valence-electron chi connectivity index (χ1n) is 7.76. The highest BCUT2D eigenvalue weighted by molar-refractivity contribution is 7.99. The van der Waals surface area contributed by atoms with E-state index in [0.717, 1.165) is 35.4 Å². The van der Waals surface area contributed by atoms with Crippen LogP contribution in [0.2, 0.25) is 0 Å². The lowest BCUT2D eigenvalue weighted by molar-refractivity contribution is 0.627. The Kier molecular flexibility index (Phi) is 5.64. The second-order valence-electron chi connectivity index (χ2n) is 5.37. The van der Waals surface area contributed by atoms with Crippen LogP contribution in [0, 0.1) is 0 Å². The number of hydrogen-bond donors (Lipinski definition) is 0. The molecule has 2 atom stereocenters. The van der Waals surface area contributed by atoms with Crippen LogP contribution in [0.25, 0.3) is 0 Å². The van der Waals surface area contributed by atoms with Gasteiger partial charge in [0, 0.05) is 18.3 Å². The summed E-state index contributed by atoms with van der Waals surface area (Å²) in [5.74, 6) is 2.01. The predicted molar refractivity (Wildman–Crippen MR) is 86.5 cm³/mol. The summed E-state index contributed by atoms with van der Waals surface area (Å²) in [6.07, 6.45) is 5.64. The molecule has 1 aromatic rings.